The lowest BCUT2D eigenvalue weighted by Gasteiger charge is -2.07. The van der Waals surface area contributed by atoms with Crippen molar-refractivity contribution in [1.82, 2.24) is 9.78 Å². The molecule has 112 valence electrons. The maximum Gasteiger partial charge on any atom is 0.333 e. The van der Waals surface area contributed by atoms with Crippen molar-refractivity contribution in [1.29, 1.82) is 0 Å². The summed E-state index contributed by atoms with van der Waals surface area (Å²) in [7, 11) is 1.69. The van der Waals surface area contributed by atoms with Gasteiger partial charge in [0.1, 0.15) is 5.69 Å². The van der Waals surface area contributed by atoms with Crippen LogP contribution in [0.4, 0.5) is 11.5 Å². The van der Waals surface area contributed by atoms with E-state index in [0.717, 1.165) is 12.0 Å². The number of hydrogen-bond donors (Lipinski definition) is 2. The van der Waals surface area contributed by atoms with Crippen molar-refractivity contribution in [2.45, 2.75) is 19.9 Å². The number of nitrogens with zero attached hydrogens (tertiary/aromatic N) is 3. The van der Waals surface area contributed by atoms with Crippen LogP contribution in [-0.2, 0) is 20.0 Å². The van der Waals surface area contributed by atoms with Crippen molar-refractivity contribution in [3.63, 3.8) is 0 Å². The number of hydrogen-bond acceptors (Lipinski definition) is 5. The third-order valence-electron chi connectivity index (χ3n) is 3.29. The van der Waals surface area contributed by atoms with Gasteiger partial charge in [-0.3, -0.25) is 10.1 Å². The summed E-state index contributed by atoms with van der Waals surface area (Å²) >= 11 is 0. The third kappa shape index (κ3) is 3.38. The van der Waals surface area contributed by atoms with Crippen LogP contribution in [0.5, 0.6) is 0 Å². The van der Waals surface area contributed by atoms with Crippen LogP contribution in [0, 0.1) is 17.0 Å². The number of anilines is 1. The van der Waals surface area contributed by atoms with Crippen LogP contribution in [0.3, 0.4) is 0 Å². The molecule has 0 aliphatic heterocycles. The molecule has 0 saturated heterocycles. The summed E-state index contributed by atoms with van der Waals surface area (Å²) in [6.45, 7) is 2.76. The standard InChI is InChI=1S/C14H19N5O2/c1-10-13(19(20)21)14(18(2)17-10)16-9-12-5-3-11(4-6-12)7-8-15/h3-6,16H,7-9,15H2,1-2H3. The molecule has 0 aliphatic carbocycles. The monoisotopic (exact) mass is 289 g/mol. The Bertz CT molecular complexity index is 634. The number of nitro groups is 1. The molecule has 0 saturated carbocycles. The van der Waals surface area contributed by atoms with E-state index in [-0.39, 0.29) is 5.69 Å². The number of nitrogens with two attached hydrogens (primary N) is 1. The minimum absolute atomic E-state index is 0.0252. The lowest BCUT2D eigenvalue weighted by atomic mass is 10.1. The Balaban J connectivity index is 2.11. The molecule has 0 atom stereocenters. The average Bonchev–Trinajstić information content (AvgIpc) is 2.72. The second kappa shape index (κ2) is 6.36. The molecule has 7 heteroatoms. The lowest BCUT2D eigenvalue weighted by Crippen LogP contribution is -2.07. The van der Waals surface area contributed by atoms with Gasteiger partial charge in [-0.25, -0.2) is 4.68 Å². The van der Waals surface area contributed by atoms with E-state index in [4.69, 9.17) is 5.73 Å². The predicted molar refractivity (Wildman–Crippen MR) is 81.1 cm³/mol. The quantitative estimate of drug-likeness (QED) is 0.623. The zero-order valence-corrected chi connectivity index (χ0v) is 12.2. The highest BCUT2D eigenvalue weighted by Crippen LogP contribution is 2.27. The van der Waals surface area contributed by atoms with Crippen molar-refractivity contribution in [3.05, 3.63) is 51.2 Å². The Morgan fingerprint density at radius 2 is 1.95 bits per heavy atom. The smallest absolute Gasteiger partial charge is 0.333 e. The van der Waals surface area contributed by atoms with Crippen LogP contribution in [-0.4, -0.2) is 21.2 Å². The van der Waals surface area contributed by atoms with E-state index in [2.05, 4.69) is 10.4 Å². The number of aryl methyl sites for hydroxylation is 2. The Labute approximate surface area is 122 Å². The average molecular weight is 289 g/mol. The van der Waals surface area contributed by atoms with Crippen LogP contribution in [0.25, 0.3) is 0 Å². The molecule has 0 unspecified atom stereocenters. The molecule has 0 bridgehead atoms. The molecule has 0 amide bonds. The summed E-state index contributed by atoms with van der Waals surface area (Å²) < 4.78 is 1.50. The SMILES string of the molecule is Cc1nn(C)c(NCc2ccc(CCN)cc2)c1[N+](=O)[O-]. The van der Waals surface area contributed by atoms with Gasteiger partial charge in [0, 0.05) is 13.6 Å². The second-order valence-corrected chi connectivity index (χ2v) is 4.87. The van der Waals surface area contributed by atoms with Crippen LogP contribution in [0.1, 0.15) is 16.8 Å². The first kappa shape index (κ1) is 15.0. The summed E-state index contributed by atoms with van der Waals surface area (Å²) in [5.41, 5.74) is 8.17. The predicted octanol–water partition coefficient (Wildman–Crippen LogP) is 1.75. The first-order valence-electron chi connectivity index (χ1n) is 6.72. The number of aromatic nitrogens is 2. The molecule has 0 aliphatic rings. The van der Waals surface area contributed by atoms with E-state index in [9.17, 15) is 10.1 Å². The molecule has 1 aromatic heterocycles. The fraction of sp³-hybridized carbons (Fsp3) is 0.357. The highest BCUT2D eigenvalue weighted by molar-refractivity contribution is 5.59. The molecule has 21 heavy (non-hydrogen) atoms. The van der Waals surface area contributed by atoms with Gasteiger partial charge in [-0.2, -0.15) is 5.10 Å². The fourth-order valence-corrected chi connectivity index (χ4v) is 2.24. The molecular weight excluding hydrogens is 270 g/mol. The fourth-order valence-electron chi connectivity index (χ4n) is 2.24. The summed E-state index contributed by atoms with van der Waals surface area (Å²) in [5.74, 6) is 0.420. The molecular formula is C14H19N5O2. The Hall–Kier alpha value is -2.41. The Morgan fingerprint density at radius 1 is 1.33 bits per heavy atom. The number of benzene rings is 1. The van der Waals surface area contributed by atoms with Gasteiger partial charge in [-0.15, -0.1) is 0 Å². The van der Waals surface area contributed by atoms with Gasteiger partial charge in [0.15, 0.2) is 0 Å². The van der Waals surface area contributed by atoms with Crippen molar-refractivity contribution >= 4 is 11.5 Å². The Morgan fingerprint density at radius 3 is 2.52 bits per heavy atom. The van der Waals surface area contributed by atoms with Gasteiger partial charge in [0.05, 0.1) is 4.92 Å². The molecule has 0 fully saturated rings. The number of rotatable bonds is 6. The van der Waals surface area contributed by atoms with Gasteiger partial charge in [-0.1, -0.05) is 24.3 Å². The molecule has 2 aromatic rings. The molecule has 3 N–H and O–H groups in total. The molecule has 0 radical (unpaired) electrons. The third-order valence-corrected chi connectivity index (χ3v) is 3.29. The zero-order valence-electron chi connectivity index (χ0n) is 12.2. The van der Waals surface area contributed by atoms with Gasteiger partial charge < -0.3 is 11.1 Å². The normalized spacial score (nSPS) is 10.6. The van der Waals surface area contributed by atoms with E-state index < -0.39 is 4.92 Å². The van der Waals surface area contributed by atoms with Crippen molar-refractivity contribution < 1.29 is 4.92 Å². The minimum atomic E-state index is -0.408. The second-order valence-electron chi connectivity index (χ2n) is 4.87. The molecule has 2 rings (SSSR count). The van der Waals surface area contributed by atoms with E-state index >= 15 is 0 Å². The van der Waals surface area contributed by atoms with E-state index in [1.54, 1.807) is 14.0 Å². The van der Waals surface area contributed by atoms with Crippen LogP contribution < -0.4 is 11.1 Å². The van der Waals surface area contributed by atoms with Crippen LogP contribution in [0.2, 0.25) is 0 Å². The maximum atomic E-state index is 11.1. The highest BCUT2D eigenvalue weighted by Gasteiger charge is 2.23. The topological polar surface area (TPSA) is 99.0 Å². The van der Waals surface area contributed by atoms with E-state index in [0.29, 0.717) is 24.6 Å². The van der Waals surface area contributed by atoms with Gasteiger partial charge in [0.25, 0.3) is 0 Å². The van der Waals surface area contributed by atoms with E-state index in [1.165, 1.54) is 10.2 Å². The summed E-state index contributed by atoms with van der Waals surface area (Å²) in [5, 5.41) is 18.3. The van der Waals surface area contributed by atoms with Gasteiger partial charge in [-0.05, 0) is 31.0 Å². The van der Waals surface area contributed by atoms with Gasteiger partial charge >= 0.3 is 5.69 Å². The largest absolute Gasteiger partial charge is 0.360 e. The van der Waals surface area contributed by atoms with Gasteiger partial charge in [0.2, 0.25) is 5.82 Å². The first-order valence-corrected chi connectivity index (χ1v) is 6.72. The van der Waals surface area contributed by atoms with Crippen molar-refractivity contribution in [3.8, 4) is 0 Å². The zero-order chi connectivity index (χ0) is 15.4. The molecule has 1 aromatic carbocycles. The Kier molecular flexibility index (Phi) is 4.54. The molecule has 7 nitrogen and oxygen atoms in total. The summed E-state index contributed by atoms with van der Waals surface area (Å²) in [4.78, 5) is 10.7. The number of nitrogens with one attached hydrogen (secondary N) is 1. The summed E-state index contributed by atoms with van der Waals surface area (Å²) in [6, 6.07) is 8.03. The highest BCUT2D eigenvalue weighted by atomic mass is 16.6. The lowest BCUT2D eigenvalue weighted by molar-refractivity contribution is -0.384. The van der Waals surface area contributed by atoms with Crippen molar-refractivity contribution in [2.75, 3.05) is 11.9 Å². The summed E-state index contributed by atoms with van der Waals surface area (Å²) in [6.07, 6.45) is 0.847. The molecule has 1 heterocycles. The van der Waals surface area contributed by atoms with Crippen LogP contribution in [0.15, 0.2) is 24.3 Å². The van der Waals surface area contributed by atoms with E-state index in [1.807, 2.05) is 24.3 Å². The maximum absolute atomic E-state index is 11.1. The van der Waals surface area contributed by atoms with Crippen molar-refractivity contribution in [2.24, 2.45) is 12.8 Å². The first-order chi connectivity index (χ1) is 10.0. The van der Waals surface area contributed by atoms with Crippen LogP contribution >= 0.6 is 0 Å². The minimum Gasteiger partial charge on any atom is -0.360 e. The molecule has 0 spiro atoms.